The van der Waals surface area contributed by atoms with Crippen molar-refractivity contribution >= 4 is 17.6 Å². The fourth-order valence-electron chi connectivity index (χ4n) is 1.72. The van der Waals surface area contributed by atoms with Crippen LogP contribution in [0, 0.1) is 0 Å². The first-order chi connectivity index (χ1) is 8.43. The molecule has 1 atom stereocenters. The van der Waals surface area contributed by atoms with Gasteiger partial charge in [-0.1, -0.05) is 18.2 Å². The Kier molecular flexibility index (Phi) is 4.71. The van der Waals surface area contributed by atoms with Crippen LogP contribution in [0.15, 0.2) is 30.3 Å². The summed E-state index contributed by atoms with van der Waals surface area (Å²) in [5.41, 5.74) is 0.725. The van der Waals surface area contributed by atoms with Crippen molar-refractivity contribution in [2.45, 2.75) is 13.0 Å². The number of carboxylic acids is 1. The first kappa shape index (κ1) is 14.0. The number of carbonyl (C=O) groups excluding carboxylic acids is 1. The Hall–Kier alpha value is -2.04. The molecule has 1 unspecified atom stereocenters. The maximum absolute atomic E-state index is 11.9. The lowest BCUT2D eigenvalue weighted by Crippen LogP contribution is -2.46. The van der Waals surface area contributed by atoms with Gasteiger partial charge >= 0.3 is 5.97 Å². The van der Waals surface area contributed by atoms with Crippen molar-refractivity contribution in [3.05, 3.63) is 30.3 Å². The summed E-state index contributed by atoms with van der Waals surface area (Å²) in [7, 11) is 3.31. The van der Waals surface area contributed by atoms with Crippen LogP contribution in [0.4, 0.5) is 5.69 Å². The average molecular weight is 250 g/mol. The standard InChI is InChI=1S/C13H18N2O3/c1-10(13(18)14(2)3)15(9-12(16)17)11-7-5-4-6-8-11/h4-8,10H,9H2,1-3H3,(H,16,17). The summed E-state index contributed by atoms with van der Waals surface area (Å²) in [5, 5.41) is 8.95. The predicted molar refractivity (Wildman–Crippen MR) is 69.6 cm³/mol. The van der Waals surface area contributed by atoms with Gasteiger partial charge in [-0.2, -0.15) is 0 Å². The molecule has 1 rings (SSSR count). The molecule has 0 bridgehead atoms. The Morgan fingerprint density at radius 3 is 2.22 bits per heavy atom. The van der Waals surface area contributed by atoms with E-state index >= 15 is 0 Å². The maximum Gasteiger partial charge on any atom is 0.323 e. The molecule has 1 N–H and O–H groups in total. The van der Waals surface area contributed by atoms with E-state index < -0.39 is 12.0 Å². The fraction of sp³-hybridized carbons (Fsp3) is 0.385. The van der Waals surface area contributed by atoms with Crippen LogP contribution < -0.4 is 4.90 Å². The molecule has 0 saturated heterocycles. The monoisotopic (exact) mass is 250 g/mol. The summed E-state index contributed by atoms with van der Waals surface area (Å²) in [6.07, 6.45) is 0. The molecule has 98 valence electrons. The fourth-order valence-corrected chi connectivity index (χ4v) is 1.72. The number of amides is 1. The van der Waals surface area contributed by atoms with Gasteiger partial charge in [-0.05, 0) is 19.1 Å². The molecule has 1 amide bonds. The van der Waals surface area contributed by atoms with Crippen LogP contribution in [0.25, 0.3) is 0 Å². The van der Waals surface area contributed by atoms with E-state index in [1.54, 1.807) is 38.1 Å². The van der Waals surface area contributed by atoms with Crippen molar-refractivity contribution in [3.63, 3.8) is 0 Å². The largest absolute Gasteiger partial charge is 0.480 e. The molecule has 0 spiro atoms. The zero-order valence-corrected chi connectivity index (χ0v) is 10.8. The first-order valence-electron chi connectivity index (χ1n) is 5.68. The lowest BCUT2D eigenvalue weighted by Gasteiger charge is -2.30. The zero-order valence-electron chi connectivity index (χ0n) is 10.8. The second kappa shape index (κ2) is 6.05. The first-order valence-corrected chi connectivity index (χ1v) is 5.68. The molecule has 0 heterocycles. The van der Waals surface area contributed by atoms with E-state index in [-0.39, 0.29) is 12.5 Å². The number of rotatable bonds is 5. The molecule has 0 aliphatic carbocycles. The van der Waals surface area contributed by atoms with Gasteiger partial charge in [-0.3, -0.25) is 9.59 Å². The molecular formula is C13H18N2O3. The highest BCUT2D eigenvalue weighted by molar-refractivity contribution is 5.86. The Bertz CT molecular complexity index is 418. The van der Waals surface area contributed by atoms with Crippen molar-refractivity contribution < 1.29 is 14.7 Å². The highest BCUT2D eigenvalue weighted by Crippen LogP contribution is 2.17. The number of anilines is 1. The van der Waals surface area contributed by atoms with Crippen molar-refractivity contribution in [1.82, 2.24) is 4.90 Å². The summed E-state index contributed by atoms with van der Waals surface area (Å²) < 4.78 is 0. The number of para-hydroxylation sites is 1. The average Bonchev–Trinajstić information content (AvgIpc) is 2.35. The van der Waals surface area contributed by atoms with Crippen LogP contribution in [-0.4, -0.2) is 48.6 Å². The summed E-state index contributed by atoms with van der Waals surface area (Å²) in [6.45, 7) is 1.50. The molecule has 0 saturated carbocycles. The number of carboxylic acid groups (broad SMARTS) is 1. The third kappa shape index (κ3) is 3.48. The van der Waals surface area contributed by atoms with Crippen molar-refractivity contribution in [3.8, 4) is 0 Å². The molecule has 0 aliphatic rings. The Morgan fingerprint density at radius 1 is 1.22 bits per heavy atom. The number of nitrogens with zero attached hydrogens (tertiary/aromatic N) is 2. The van der Waals surface area contributed by atoms with Gasteiger partial charge in [0.2, 0.25) is 5.91 Å². The van der Waals surface area contributed by atoms with E-state index in [0.717, 1.165) is 5.69 Å². The van der Waals surface area contributed by atoms with Crippen LogP contribution in [0.3, 0.4) is 0 Å². The van der Waals surface area contributed by atoms with Crippen molar-refractivity contribution in [2.75, 3.05) is 25.5 Å². The third-order valence-electron chi connectivity index (χ3n) is 2.66. The second-order valence-corrected chi connectivity index (χ2v) is 4.27. The quantitative estimate of drug-likeness (QED) is 0.848. The zero-order chi connectivity index (χ0) is 13.7. The van der Waals surface area contributed by atoms with Gasteiger partial charge in [0.05, 0.1) is 0 Å². The van der Waals surface area contributed by atoms with Gasteiger partial charge in [0.1, 0.15) is 12.6 Å². The summed E-state index contributed by atoms with van der Waals surface area (Å²) in [5.74, 6) is -1.09. The normalized spacial score (nSPS) is 11.7. The number of hydrogen-bond donors (Lipinski definition) is 1. The molecule has 5 heteroatoms. The number of benzene rings is 1. The van der Waals surface area contributed by atoms with Gasteiger partial charge in [0.15, 0.2) is 0 Å². The van der Waals surface area contributed by atoms with Crippen LogP contribution in [0.5, 0.6) is 0 Å². The van der Waals surface area contributed by atoms with E-state index in [1.807, 2.05) is 18.2 Å². The molecular weight excluding hydrogens is 232 g/mol. The van der Waals surface area contributed by atoms with Crippen LogP contribution >= 0.6 is 0 Å². The molecule has 0 fully saturated rings. The SMILES string of the molecule is CC(C(=O)N(C)C)N(CC(=O)O)c1ccccc1. The topological polar surface area (TPSA) is 60.9 Å². The summed E-state index contributed by atoms with van der Waals surface area (Å²) >= 11 is 0. The highest BCUT2D eigenvalue weighted by Gasteiger charge is 2.24. The molecule has 5 nitrogen and oxygen atoms in total. The summed E-state index contributed by atoms with van der Waals surface area (Å²) in [4.78, 5) is 25.9. The molecule has 0 aromatic heterocycles. The summed E-state index contributed by atoms with van der Waals surface area (Å²) in [6, 6.07) is 8.55. The number of aliphatic carboxylic acids is 1. The lowest BCUT2D eigenvalue weighted by atomic mass is 10.2. The van der Waals surface area contributed by atoms with Crippen molar-refractivity contribution in [1.29, 1.82) is 0 Å². The molecule has 0 aliphatic heterocycles. The van der Waals surface area contributed by atoms with E-state index in [0.29, 0.717) is 0 Å². The Morgan fingerprint density at radius 2 is 1.78 bits per heavy atom. The molecule has 0 radical (unpaired) electrons. The highest BCUT2D eigenvalue weighted by atomic mass is 16.4. The Labute approximate surface area is 107 Å². The van der Waals surface area contributed by atoms with E-state index in [2.05, 4.69) is 0 Å². The van der Waals surface area contributed by atoms with Crippen LogP contribution in [0.2, 0.25) is 0 Å². The molecule has 1 aromatic carbocycles. The van der Waals surface area contributed by atoms with Gasteiger partial charge in [0, 0.05) is 19.8 Å². The Balaban J connectivity index is 2.99. The number of hydrogen-bond acceptors (Lipinski definition) is 3. The minimum atomic E-state index is -0.961. The van der Waals surface area contributed by atoms with Crippen LogP contribution in [-0.2, 0) is 9.59 Å². The second-order valence-electron chi connectivity index (χ2n) is 4.27. The van der Waals surface area contributed by atoms with Gasteiger partial charge in [-0.25, -0.2) is 0 Å². The number of likely N-dealkylation sites (N-methyl/N-ethyl adjacent to an activating group) is 1. The predicted octanol–water partition coefficient (Wildman–Crippen LogP) is 1.05. The minimum absolute atomic E-state index is 0.125. The minimum Gasteiger partial charge on any atom is -0.480 e. The molecule has 1 aromatic rings. The smallest absolute Gasteiger partial charge is 0.323 e. The van der Waals surface area contributed by atoms with E-state index in [4.69, 9.17) is 5.11 Å². The van der Waals surface area contributed by atoms with E-state index in [1.165, 1.54) is 4.90 Å². The van der Waals surface area contributed by atoms with Crippen LogP contribution in [0.1, 0.15) is 6.92 Å². The lowest BCUT2D eigenvalue weighted by molar-refractivity contribution is -0.135. The maximum atomic E-state index is 11.9. The third-order valence-corrected chi connectivity index (χ3v) is 2.66. The van der Waals surface area contributed by atoms with E-state index in [9.17, 15) is 9.59 Å². The van der Waals surface area contributed by atoms with Gasteiger partial charge in [0.25, 0.3) is 0 Å². The van der Waals surface area contributed by atoms with Crippen molar-refractivity contribution in [2.24, 2.45) is 0 Å². The molecule has 18 heavy (non-hydrogen) atoms. The van der Waals surface area contributed by atoms with Gasteiger partial charge < -0.3 is 14.9 Å². The number of carbonyl (C=O) groups is 2. The van der Waals surface area contributed by atoms with Gasteiger partial charge in [-0.15, -0.1) is 0 Å².